The molecule has 0 saturated carbocycles. The molecule has 0 aliphatic heterocycles. The number of nitrogen functional groups attached to an aromatic ring is 1. The minimum absolute atomic E-state index is 0.116. The predicted molar refractivity (Wildman–Crippen MR) is 84.0 cm³/mol. The zero-order valence-electron chi connectivity index (χ0n) is 12.3. The van der Waals surface area contributed by atoms with Gasteiger partial charge in [0.25, 0.3) is 0 Å². The molecule has 20 heavy (non-hydrogen) atoms. The number of nitrogens with zero attached hydrogens (tertiary/aromatic N) is 4. The van der Waals surface area contributed by atoms with E-state index in [-0.39, 0.29) is 5.41 Å². The van der Waals surface area contributed by atoms with Crippen LogP contribution in [0.25, 0.3) is 11.4 Å². The predicted octanol–water partition coefficient (Wildman–Crippen LogP) is 3.37. The van der Waals surface area contributed by atoms with Crippen molar-refractivity contribution >= 4 is 21.6 Å². The first-order valence-corrected chi connectivity index (χ1v) is 7.42. The van der Waals surface area contributed by atoms with Crippen molar-refractivity contribution < 1.29 is 0 Å². The fraction of sp³-hybridized carbons (Fsp3) is 0.500. The highest BCUT2D eigenvalue weighted by atomic mass is 79.9. The lowest BCUT2D eigenvalue weighted by molar-refractivity contribution is 0.200. The van der Waals surface area contributed by atoms with Crippen molar-refractivity contribution in [3.8, 4) is 11.4 Å². The molecule has 6 heteroatoms. The Labute approximate surface area is 127 Å². The quantitative estimate of drug-likeness (QED) is 0.868. The number of aromatic nitrogens is 4. The van der Waals surface area contributed by atoms with Crippen molar-refractivity contribution in [1.29, 1.82) is 0 Å². The van der Waals surface area contributed by atoms with Crippen LogP contribution in [0.3, 0.4) is 0 Å². The molecule has 0 spiro atoms. The lowest BCUT2D eigenvalue weighted by Crippen LogP contribution is -2.26. The van der Waals surface area contributed by atoms with Crippen LogP contribution in [0.15, 0.2) is 22.7 Å². The van der Waals surface area contributed by atoms with E-state index in [1.165, 1.54) is 0 Å². The van der Waals surface area contributed by atoms with Gasteiger partial charge in [-0.15, -0.1) is 5.10 Å². The van der Waals surface area contributed by atoms with Crippen LogP contribution >= 0.6 is 15.9 Å². The topological polar surface area (TPSA) is 69.6 Å². The second-order valence-electron chi connectivity index (χ2n) is 6.04. The third-order valence-electron chi connectivity index (χ3n) is 3.91. The smallest absolute Gasteiger partial charge is 0.182 e. The minimum Gasteiger partial charge on any atom is -0.398 e. The summed E-state index contributed by atoms with van der Waals surface area (Å²) in [5.74, 6) is 1.28. The van der Waals surface area contributed by atoms with Gasteiger partial charge in [0.1, 0.15) is 0 Å². The van der Waals surface area contributed by atoms with E-state index in [0.717, 1.165) is 22.4 Å². The molecule has 0 aliphatic rings. The van der Waals surface area contributed by atoms with E-state index in [9.17, 15) is 0 Å². The van der Waals surface area contributed by atoms with Gasteiger partial charge < -0.3 is 5.73 Å². The van der Waals surface area contributed by atoms with Crippen LogP contribution < -0.4 is 5.73 Å². The van der Waals surface area contributed by atoms with Crippen LogP contribution in [0.4, 0.5) is 5.69 Å². The Bertz CT molecular complexity index is 603. The van der Waals surface area contributed by atoms with E-state index in [1.54, 1.807) is 0 Å². The summed E-state index contributed by atoms with van der Waals surface area (Å²) >= 11 is 3.40. The summed E-state index contributed by atoms with van der Waals surface area (Å²) in [6.07, 6.45) is 0. The monoisotopic (exact) mass is 337 g/mol. The van der Waals surface area contributed by atoms with E-state index < -0.39 is 0 Å². The van der Waals surface area contributed by atoms with Crippen molar-refractivity contribution in [3.63, 3.8) is 0 Å². The number of halogens is 1. The van der Waals surface area contributed by atoms with Crippen LogP contribution in [0.2, 0.25) is 0 Å². The maximum Gasteiger partial charge on any atom is 0.182 e. The lowest BCUT2D eigenvalue weighted by Gasteiger charge is -2.29. The third kappa shape index (κ3) is 3.00. The van der Waals surface area contributed by atoms with E-state index in [0.29, 0.717) is 11.6 Å². The van der Waals surface area contributed by atoms with Crippen LogP contribution in [0, 0.1) is 11.3 Å². The summed E-state index contributed by atoms with van der Waals surface area (Å²) < 4.78 is 2.73. The Hall–Kier alpha value is -1.43. The second-order valence-corrected chi connectivity index (χ2v) is 6.89. The standard InChI is InChI=1S/C14H20BrN5/c1-9(2)14(3,4)8-20-13(17-18-19-20)10-5-6-11(15)12(16)7-10/h5-7,9H,8,16H2,1-4H3. The van der Waals surface area contributed by atoms with Gasteiger partial charge in [-0.1, -0.05) is 27.7 Å². The van der Waals surface area contributed by atoms with Gasteiger partial charge in [-0.05, 0) is 55.9 Å². The van der Waals surface area contributed by atoms with E-state index in [1.807, 2.05) is 22.9 Å². The van der Waals surface area contributed by atoms with E-state index >= 15 is 0 Å². The largest absolute Gasteiger partial charge is 0.398 e. The first-order chi connectivity index (χ1) is 9.31. The van der Waals surface area contributed by atoms with E-state index in [4.69, 9.17) is 5.73 Å². The van der Waals surface area contributed by atoms with Gasteiger partial charge in [0.2, 0.25) is 0 Å². The third-order valence-corrected chi connectivity index (χ3v) is 4.63. The highest BCUT2D eigenvalue weighted by molar-refractivity contribution is 9.10. The SMILES string of the molecule is CC(C)C(C)(C)Cn1nnnc1-c1ccc(Br)c(N)c1. The molecule has 0 unspecified atom stereocenters. The normalized spacial score (nSPS) is 12.1. The second kappa shape index (κ2) is 5.52. The Kier molecular flexibility index (Phi) is 4.13. The van der Waals surface area contributed by atoms with E-state index in [2.05, 4.69) is 59.2 Å². The Morgan fingerprint density at radius 3 is 2.65 bits per heavy atom. The molecule has 0 amide bonds. The van der Waals surface area contributed by atoms with Gasteiger partial charge in [0, 0.05) is 15.7 Å². The molecule has 108 valence electrons. The maximum atomic E-state index is 5.93. The molecule has 1 aromatic carbocycles. The maximum absolute atomic E-state index is 5.93. The van der Waals surface area contributed by atoms with Crippen LogP contribution in [-0.4, -0.2) is 20.2 Å². The summed E-state index contributed by atoms with van der Waals surface area (Å²) in [4.78, 5) is 0. The number of tetrazole rings is 1. The Balaban J connectivity index is 2.35. The number of hydrogen-bond acceptors (Lipinski definition) is 4. The average molecular weight is 338 g/mol. The average Bonchev–Trinajstić information content (AvgIpc) is 2.80. The molecule has 2 aromatic rings. The summed E-state index contributed by atoms with van der Waals surface area (Å²) in [6, 6.07) is 5.76. The first-order valence-electron chi connectivity index (χ1n) is 6.63. The highest BCUT2D eigenvalue weighted by Crippen LogP contribution is 2.30. The molecule has 0 fully saturated rings. The van der Waals surface area contributed by atoms with Crippen LogP contribution in [-0.2, 0) is 6.54 Å². The van der Waals surface area contributed by atoms with Crippen molar-refractivity contribution in [1.82, 2.24) is 20.2 Å². The molecule has 0 aliphatic carbocycles. The van der Waals surface area contributed by atoms with Crippen molar-refractivity contribution in [2.75, 3.05) is 5.73 Å². The van der Waals surface area contributed by atoms with Gasteiger partial charge in [0.05, 0.1) is 6.54 Å². The fourth-order valence-electron chi connectivity index (χ4n) is 1.77. The molecule has 1 aromatic heterocycles. The van der Waals surface area contributed by atoms with Crippen molar-refractivity contribution in [2.45, 2.75) is 34.2 Å². The summed E-state index contributed by atoms with van der Waals surface area (Å²) in [5.41, 5.74) is 7.65. The molecule has 0 atom stereocenters. The van der Waals surface area contributed by atoms with Gasteiger partial charge >= 0.3 is 0 Å². The number of rotatable bonds is 4. The molecule has 0 radical (unpaired) electrons. The molecular weight excluding hydrogens is 318 g/mol. The summed E-state index contributed by atoms with van der Waals surface area (Å²) in [5, 5.41) is 12.1. The Morgan fingerprint density at radius 2 is 2.05 bits per heavy atom. The number of benzene rings is 1. The number of hydrogen-bond donors (Lipinski definition) is 1. The zero-order chi connectivity index (χ0) is 14.9. The molecular formula is C14H20BrN5. The van der Waals surface area contributed by atoms with Crippen molar-refractivity contribution in [2.24, 2.45) is 11.3 Å². The van der Waals surface area contributed by atoms with Gasteiger partial charge in [-0.3, -0.25) is 0 Å². The van der Waals surface area contributed by atoms with Crippen molar-refractivity contribution in [3.05, 3.63) is 22.7 Å². The van der Waals surface area contributed by atoms with Gasteiger partial charge in [0.15, 0.2) is 5.82 Å². The fourth-order valence-corrected chi connectivity index (χ4v) is 2.02. The molecule has 5 nitrogen and oxygen atoms in total. The molecule has 0 bridgehead atoms. The van der Waals surface area contributed by atoms with Gasteiger partial charge in [-0.25, -0.2) is 4.68 Å². The molecule has 1 heterocycles. The summed E-state index contributed by atoms with van der Waals surface area (Å²) in [7, 11) is 0. The summed E-state index contributed by atoms with van der Waals surface area (Å²) in [6.45, 7) is 9.63. The van der Waals surface area contributed by atoms with Crippen LogP contribution in [0.1, 0.15) is 27.7 Å². The highest BCUT2D eigenvalue weighted by Gasteiger charge is 2.25. The molecule has 0 saturated heterocycles. The molecule has 2 rings (SSSR count). The van der Waals surface area contributed by atoms with Crippen LogP contribution in [0.5, 0.6) is 0 Å². The zero-order valence-corrected chi connectivity index (χ0v) is 13.8. The number of nitrogens with two attached hydrogens (primary N) is 1. The number of anilines is 1. The minimum atomic E-state index is 0.116. The first kappa shape index (κ1) is 15.0. The van der Waals surface area contributed by atoms with Gasteiger partial charge in [-0.2, -0.15) is 0 Å². The lowest BCUT2D eigenvalue weighted by atomic mass is 9.81. The molecule has 2 N–H and O–H groups in total. The Morgan fingerprint density at radius 1 is 1.35 bits per heavy atom.